The van der Waals surface area contributed by atoms with Crippen LogP contribution in [0.2, 0.25) is 0 Å². The van der Waals surface area contributed by atoms with Gasteiger partial charge in [-0.15, -0.1) is 0 Å². The second-order valence-electron chi connectivity index (χ2n) is 7.82. The smallest absolute Gasteiger partial charge is 0.270 e. The highest BCUT2D eigenvalue weighted by molar-refractivity contribution is 7.97. The number of anilines is 1. The van der Waals surface area contributed by atoms with Gasteiger partial charge < -0.3 is 4.52 Å². The molecule has 1 atom stereocenters. The molecule has 1 aromatic heterocycles. The third-order valence-electron chi connectivity index (χ3n) is 6.03. The van der Waals surface area contributed by atoms with E-state index in [1.54, 1.807) is 4.90 Å². The predicted octanol–water partition coefficient (Wildman–Crippen LogP) is 4.08. The van der Waals surface area contributed by atoms with Crippen molar-refractivity contribution < 1.29 is 9.32 Å². The maximum absolute atomic E-state index is 14.0. The van der Waals surface area contributed by atoms with E-state index in [0.29, 0.717) is 18.1 Å². The molecule has 1 aliphatic heterocycles. The summed E-state index contributed by atoms with van der Waals surface area (Å²) in [4.78, 5) is 15.8. The maximum atomic E-state index is 14.0. The number of nitrogens with zero attached hydrogens (tertiary/aromatic N) is 2. The van der Waals surface area contributed by atoms with Crippen molar-refractivity contribution in [1.82, 2.24) is 5.16 Å². The summed E-state index contributed by atoms with van der Waals surface area (Å²) in [6.45, 7) is 2.49. The van der Waals surface area contributed by atoms with E-state index in [0.717, 1.165) is 6.42 Å². The van der Waals surface area contributed by atoms with Crippen LogP contribution in [0, 0.1) is 6.92 Å². The number of hydrogen-bond donors (Lipinski definition) is 0. The van der Waals surface area contributed by atoms with Crippen molar-refractivity contribution in [3.05, 3.63) is 103 Å². The Morgan fingerprint density at radius 2 is 1.32 bits per heavy atom. The summed E-state index contributed by atoms with van der Waals surface area (Å²) in [5.41, 5.74) is -0.156. The predicted molar refractivity (Wildman–Crippen MR) is 127 cm³/mol. The highest BCUT2D eigenvalue weighted by Gasteiger charge is 2.59. The van der Waals surface area contributed by atoms with Crippen molar-refractivity contribution >= 4 is 34.9 Å². The number of rotatable bonds is 5. The molecule has 31 heavy (non-hydrogen) atoms. The van der Waals surface area contributed by atoms with Gasteiger partial charge in [0.2, 0.25) is 0 Å². The minimum absolute atomic E-state index is 0.123. The van der Waals surface area contributed by atoms with Gasteiger partial charge in [0.1, 0.15) is 28.9 Å². The molecule has 1 unspecified atom stereocenters. The summed E-state index contributed by atoms with van der Waals surface area (Å²) in [7, 11) is -2.26. The fourth-order valence-electron chi connectivity index (χ4n) is 4.71. The van der Waals surface area contributed by atoms with E-state index >= 15 is 0 Å². The second-order valence-corrected chi connectivity index (χ2v) is 11.4. The fourth-order valence-corrected chi connectivity index (χ4v) is 9.58. The number of aromatic nitrogens is 1. The molecule has 3 aromatic carbocycles. The summed E-state index contributed by atoms with van der Waals surface area (Å²) in [6.07, 6.45) is 0.775. The van der Waals surface area contributed by atoms with E-state index < -0.39 is 7.26 Å². The van der Waals surface area contributed by atoms with Crippen LogP contribution in [0.4, 0.5) is 5.82 Å². The van der Waals surface area contributed by atoms with Crippen LogP contribution >= 0.6 is 7.26 Å². The van der Waals surface area contributed by atoms with Gasteiger partial charge in [-0.25, -0.2) is 0 Å². The Hall–Kier alpha value is -3.23. The van der Waals surface area contributed by atoms with E-state index in [-0.39, 0.29) is 11.6 Å². The second kappa shape index (κ2) is 8.13. The van der Waals surface area contributed by atoms with Gasteiger partial charge in [0.25, 0.3) is 5.91 Å². The molecule has 0 radical (unpaired) electrons. The average Bonchev–Trinajstić information content (AvgIpc) is 3.42. The number of hydrogen-bond acceptors (Lipinski definition) is 3. The fraction of sp³-hybridized carbons (Fsp3) is 0.154. The topological polar surface area (TPSA) is 46.3 Å². The Labute approximate surface area is 182 Å². The molecule has 154 valence electrons. The van der Waals surface area contributed by atoms with Crippen LogP contribution < -0.4 is 20.8 Å². The molecule has 0 aliphatic carbocycles. The van der Waals surface area contributed by atoms with Gasteiger partial charge in [0.05, 0.1) is 0 Å². The third kappa shape index (κ3) is 3.28. The molecule has 0 bridgehead atoms. The summed E-state index contributed by atoms with van der Waals surface area (Å²) < 4.78 is 5.27. The molecule has 1 amide bonds. The van der Waals surface area contributed by atoms with Crippen LogP contribution in [0.5, 0.6) is 0 Å². The molecule has 1 saturated heterocycles. The first-order valence-corrected chi connectivity index (χ1v) is 12.4. The molecule has 0 saturated carbocycles. The summed E-state index contributed by atoms with van der Waals surface area (Å²) in [6, 6.07) is 33.5. The van der Waals surface area contributed by atoms with E-state index in [1.165, 1.54) is 15.9 Å². The molecule has 0 spiro atoms. The van der Waals surface area contributed by atoms with E-state index in [9.17, 15) is 4.79 Å². The molecule has 5 heteroatoms. The van der Waals surface area contributed by atoms with Crippen LogP contribution in [0.25, 0.3) is 0 Å². The Kier molecular flexibility index (Phi) is 5.17. The monoisotopic (exact) mass is 427 g/mol. The largest absolute Gasteiger partial charge is 0.360 e. The standard InChI is InChI=1S/C26H24N2O2P/c1-20-19-25(27-30-20)28-18-17-24(26(28)29)31(21-11-5-2-6-12-21,22-13-7-3-8-14-22)23-15-9-4-10-16-23/h2-16,19,24H,17-18H2,1H3/q+1. The van der Waals surface area contributed by atoms with Gasteiger partial charge in [-0.05, 0) is 43.3 Å². The molecule has 0 N–H and O–H groups in total. The van der Waals surface area contributed by atoms with Crippen molar-refractivity contribution in [2.75, 3.05) is 11.4 Å². The maximum Gasteiger partial charge on any atom is 0.270 e. The lowest BCUT2D eigenvalue weighted by atomic mass is 10.3. The zero-order valence-corrected chi connectivity index (χ0v) is 18.3. The van der Waals surface area contributed by atoms with Crippen LogP contribution in [0.3, 0.4) is 0 Å². The number of carbonyl (C=O) groups excluding carboxylic acids is 1. The number of aryl methyl sites for hydroxylation is 1. The van der Waals surface area contributed by atoms with Crippen molar-refractivity contribution in [3.63, 3.8) is 0 Å². The third-order valence-corrected chi connectivity index (χ3v) is 10.8. The Balaban J connectivity index is 1.74. The van der Waals surface area contributed by atoms with Crippen LogP contribution in [-0.2, 0) is 4.79 Å². The number of benzene rings is 3. The SMILES string of the molecule is Cc1cc(N2CCC([P+](c3ccccc3)(c3ccccc3)c3ccccc3)C2=O)no1. The van der Waals surface area contributed by atoms with Gasteiger partial charge in [0.15, 0.2) is 11.5 Å². The highest BCUT2D eigenvalue weighted by atomic mass is 31.2. The molecule has 2 heterocycles. The van der Waals surface area contributed by atoms with Crippen molar-refractivity contribution in [2.24, 2.45) is 0 Å². The van der Waals surface area contributed by atoms with Crippen molar-refractivity contribution in [2.45, 2.75) is 19.0 Å². The molecule has 4 nitrogen and oxygen atoms in total. The van der Waals surface area contributed by atoms with Crippen LogP contribution in [0.15, 0.2) is 102 Å². The molecule has 1 fully saturated rings. The number of carbonyl (C=O) groups is 1. The van der Waals surface area contributed by atoms with Gasteiger partial charge in [-0.3, -0.25) is 9.69 Å². The average molecular weight is 427 g/mol. The lowest BCUT2D eigenvalue weighted by Gasteiger charge is -2.31. The van der Waals surface area contributed by atoms with Gasteiger partial charge in [-0.1, -0.05) is 59.8 Å². The highest BCUT2D eigenvalue weighted by Crippen LogP contribution is 2.62. The first-order valence-electron chi connectivity index (χ1n) is 10.5. The molecular formula is C26H24N2O2P+. The Morgan fingerprint density at radius 1 is 0.839 bits per heavy atom. The van der Waals surface area contributed by atoms with E-state index in [2.05, 4.69) is 78.0 Å². The first kappa shape index (κ1) is 19.7. The first-order chi connectivity index (χ1) is 15.2. The minimum Gasteiger partial charge on any atom is -0.360 e. The van der Waals surface area contributed by atoms with Gasteiger partial charge in [0, 0.05) is 19.0 Å². The molecular weight excluding hydrogens is 403 g/mol. The quantitative estimate of drug-likeness (QED) is 0.451. The Bertz CT molecular complexity index is 1080. The van der Waals surface area contributed by atoms with Gasteiger partial charge in [-0.2, -0.15) is 0 Å². The zero-order valence-electron chi connectivity index (χ0n) is 17.4. The Morgan fingerprint density at radius 3 is 1.74 bits per heavy atom. The normalized spacial score (nSPS) is 16.6. The van der Waals surface area contributed by atoms with Crippen LogP contribution in [-0.4, -0.2) is 23.3 Å². The van der Waals surface area contributed by atoms with Gasteiger partial charge >= 0.3 is 0 Å². The van der Waals surface area contributed by atoms with Crippen LogP contribution in [0.1, 0.15) is 12.2 Å². The summed E-state index contributed by atoms with van der Waals surface area (Å²) >= 11 is 0. The number of amides is 1. The molecule has 1 aliphatic rings. The molecule has 5 rings (SSSR count). The molecule has 4 aromatic rings. The minimum atomic E-state index is -2.26. The summed E-state index contributed by atoms with van der Waals surface area (Å²) in [5, 5.41) is 7.80. The van der Waals surface area contributed by atoms with E-state index in [4.69, 9.17) is 4.52 Å². The lowest BCUT2D eigenvalue weighted by molar-refractivity contribution is -0.116. The summed E-state index contributed by atoms with van der Waals surface area (Å²) in [5.74, 6) is 1.44. The van der Waals surface area contributed by atoms with E-state index in [1.807, 2.05) is 31.2 Å². The zero-order chi connectivity index (χ0) is 21.3. The van der Waals surface area contributed by atoms with Crippen molar-refractivity contribution in [1.29, 1.82) is 0 Å². The van der Waals surface area contributed by atoms with Crippen molar-refractivity contribution in [3.8, 4) is 0 Å². The lowest BCUT2D eigenvalue weighted by Crippen LogP contribution is -2.43.